The molecule has 30 heavy (non-hydrogen) atoms. The zero-order chi connectivity index (χ0) is 22.1. The van der Waals surface area contributed by atoms with Gasteiger partial charge in [0.1, 0.15) is 15.7 Å². The maximum atomic E-state index is 11.7. The van der Waals surface area contributed by atoms with Gasteiger partial charge in [-0.1, -0.05) is 47.5 Å². The van der Waals surface area contributed by atoms with E-state index in [2.05, 4.69) is 0 Å². The number of carboxylic acids is 1. The monoisotopic (exact) mass is 490 g/mol. The van der Waals surface area contributed by atoms with Gasteiger partial charge in [-0.2, -0.15) is 0 Å². The van der Waals surface area contributed by atoms with Crippen molar-refractivity contribution < 1.29 is 24.1 Å². The molecule has 0 aliphatic heterocycles. The summed E-state index contributed by atoms with van der Waals surface area (Å²) in [5, 5.41) is 10.3. The Kier molecular flexibility index (Phi) is 7.10. The lowest BCUT2D eigenvalue weighted by Gasteiger charge is -2.21. The molecule has 0 bridgehead atoms. The normalized spacial score (nSPS) is 18.6. The molecule has 5 nitrogen and oxygen atoms in total. The van der Waals surface area contributed by atoms with Crippen LogP contribution in [0.4, 0.5) is 0 Å². The van der Waals surface area contributed by atoms with E-state index in [0.29, 0.717) is 38.9 Å². The van der Waals surface area contributed by atoms with Crippen LogP contribution in [0.2, 0.25) is 10.0 Å². The van der Waals surface area contributed by atoms with Crippen molar-refractivity contribution in [3.8, 4) is 5.75 Å². The van der Waals surface area contributed by atoms with Crippen molar-refractivity contribution in [2.75, 3.05) is 14.2 Å². The summed E-state index contributed by atoms with van der Waals surface area (Å²) >= 11 is 25.1. The summed E-state index contributed by atoms with van der Waals surface area (Å²) in [4.78, 5) is 11.7. The van der Waals surface area contributed by atoms with E-state index >= 15 is 0 Å². The fraction of sp³-hybridized carbons (Fsp3) is 0.286. The van der Waals surface area contributed by atoms with E-state index in [1.54, 1.807) is 36.4 Å². The predicted octanol–water partition coefficient (Wildman–Crippen LogP) is 6.45. The van der Waals surface area contributed by atoms with Gasteiger partial charge >= 0.3 is 5.97 Å². The van der Waals surface area contributed by atoms with Crippen LogP contribution in [0.25, 0.3) is 5.57 Å². The molecule has 1 aliphatic carbocycles. The molecule has 1 aliphatic rings. The van der Waals surface area contributed by atoms with Crippen LogP contribution in [0, 0.1) is 0 Å². The number of methoxy groups -OCH3 is 2. The van der Waals surface area contributed by atoms with E-state index in [1.165, 1.54) is 14.2 Å². The number of aliphatic carboxylic acids is 1. The smallest absolute Gasteiger partial charge is 0.339 e. The van der Waals surface area contributed by atoms with Gasteiger partial charge in [-0.15, -0.1) is 23.2 Å². The number of rotatable bonds is 8. The van der Waals surface area contributed by atoms with Gasteiger partial charge in [-0.25, -0.2) is 4.79 Å². The second-order valence-corrected chi connectivity index (χ2v) is 9.02. The number of ether oxygens (including phenoxy) is 3. The standard InChI is InChI=1S/C21H18Cl4O5/c1-28-10-14(19(26)27)12-5-3-4-6-13(12)20(29-2)30-11-7-16(22)18(17(23)8-11)15-9-21(15,24)25/h3-8,10,15,20H,9H2,1-2H3,(H,26,27)/b14-10+. The van der Waals surface area contributed by atoms with Crippen LogP contribution < -0.4 is 4.74 Å². The molecule has 2 unspecified atom stereocenters. The van der Waals surface area contributed by atoms with Crippen LogP contribution in [0.3, 0.4) is 0 Å². The Morgan fingerprint density at radius 3 is 2.30 bits per heavy atom. The van der Waals surface area contributed by atoms with Gasteiger partial charge in [0.05, 0.1) is 13.4 Å². The highest BCUT2D eigenvalue weighted by molar-refractivity contribution is 6.52. The Morgan fingerprint density at radius 1 is 1.20 bits per heavy atom. The SMILES string of the molecule is CO/C=C(/C(=O)O)c1ccccc1C(OC)Oc1cc(Cl)c(C2CC2(Cl)Cl)c(Cl)c1. The van der Waals surface area contributed by atoms with Crippen molar-refractivity contribution >= 4 is 57.9 Å². The molecule has 2 aromatic rings. The number of carboxylic acid groups (broad SMARTS) is 1. The van der Waals surface area contributed by atoms with E-state index < -0.39 is 16.6 Å². The molecule has 1 N–H and O–H groups in total. The van der Waals surface area contributed by atoms with Crippen LogP contribution in [-0.2, 0) is 14.3 Å². The minimum Gasteiger partial charge on any atom is -0.503 e. The fourth-order valence-electron chi connectivity index (χ4n) is 3.15. The summed E-state index contributed by atoms with van der Waals surface area (Å²) in [5.41, 5.74) is 1.50. The van der Waals surface area contributed by atoms with Crippen LogP contribution in [0.15, 0.2) is 42.7 Å². The van der Waals surface area contributed by atoms with Crippen LogP contribution in [-0.4, -0.2) is 29.6 Å². The minimum absolute atomic E-state index is 0.0422. The summed E-state index contributed by atoms with van der Waals surface area (Å²) < 4.78 is 15.5. The molecular formula is C21H18Cl4O5. The van der Waals surface area contributed by atoms with Crippen molar-refractivity contribution in [2.45, 2.75) is 23.0 Å². The van der Waals surface area contributed by atoms with Crippen molar-refractivity contribution in [1.82, 2.24) is 0 Å². The van der Waals surface area contributed by atoms with E-state index in [0.717, 1.165) is 6.26 Å². The third-order valence-corrected chi connectivity index (χ3v) is 6.12. The van der Waals surface area contributed by atoms with Gasteiger partial charge < -0.3 is 19.3 Å². The molecule has 0 heterocycles. The van der Waals surface area contributed by atoms with E-state index in [-0.39, 0.29) is 11.5 Å². The molecule has 2 aromatic carbocycles. The fourth-order valence-corrected chi connectivity index (χ4v) is 4.40. The molecule has 160 valence electrons. The van der Waals surface area contributed by atoms with Crippen molar-refractivity contribution in [3.63, 3.8) is 0 Å². The topological polar surface area (TPSA) is 65.0 Å². The molecule has 0 spiro atoms. The highest BCUT2D eigenvalue weighted by Gasteiger charge is 2.54. The van der Waals surface area contributed by atoms with E-state index in [9.17, 15) is 9.90 Å². The summed E-state index contributed by atoms with van der Waals surface area (Å²) in [6.07, 6.45) is 0.782. The van der Waals surface area contributed by atoms with Crippen molar-refractivity contribution in [1.29, 1.82) is 0 Å². The number of alkyl halides is 2. The third kappa shape index (κ3) is 4.82. The second kappa shape index (κ2) is 9.25. The second-order valence-electron chi connectivity index (χ2n) is 6.66. The largest absolute Gasteiger partial charge is 0.503 e. The number of benzene rings is 2. The maximum Gasteiger partial charge on any atom is 0.339 e. The number of hydrogen-bond donors (Lipinski definition) is 1. The van der Waals surface area contributed by atoms with E-state index in [4.69, 9.17) is 60.6 Å². The Bertz CT molecular complexity index is 966. The molecule has 9 heteroatoms. The Labute approximate surface area is 194 Å². The summed E-state index contributed by atoms with van der Waals surface area (Å²) in [5.74, 6) is -0.950. The van der Waals surface area contributed by atoms with Gasteiger partial charge in [-0.05, 0) is 24.1 Å². The minimum atomic E-state index is -1.15. The molecule has 0 amide bonds. The van der Waals surface area contributed by atoms with Gasteiger partial charge in [0.15, 0.2) is 0 Å². The van der Waals surface area contributed by atoms with Crippen LogP contribution in [0.5, 0.6) is 5.75 Å². The zero-order valence-corrected chi connectivity index (χ0v) is 19.0. The number of halogens is 4. The summed E-state index contributed by atoms with van der Waals surface area (Å²) in [6.45, 7) is 0. The Hall–Kier alpha value is -1.63. The summed E-state index contributed by atoms with van der Waals surface area (Å²) in [6, 6.07) is 10.00. The van der Waals surface area contributed by atoms with Crippen molar-refractivity contribution in [3.05, 3.63) is 69.4 Å². The molecule has 0 saturated heterocycles. The first kappa shape index (κ1) is 23.0. The zero-order valence-electron chi connectivity index (χ0n) is 16.0. The summed E-state index contributed by atoms with van der Waals surface area (Å²) in [7, 11) is 2.82. The molecule has 1 saturated carbocycles. The first-order valence-electron chi connectivity index (χ1n) is 8.81. The average Bonchev–Trinajstić information content (AvgIpc) is 3.30. The highest BCUT2D eigenvalue weighted by atomic mass is 35.5. The van der Waals surface area contributed by atoms with Crippen LogP contribution >= 0.6 is 46.4 Å². The third-order valence-electron chi connectivity index (χ3n) is 4.66. The Morgan fingerprint density at radius 2 is 1.80 bits per heavy atom. The van der Waals surface area contributed by atoms with Crippen molar-refractivity contribution in [2.24, 2.45) is 0 Å². The average molecular weight is 492 g/mol. The molecule has 1 fully saturated rings. The lowest BCUT2D eigenvalue weighted by atomic mass is 10.00. The molecular weight excluding hydrogens is 474 g/mol. The maximum absolute atomic E-state index is 11.7. The first-order valence-corrected chi connectivity index (χ1v) is 10.3. The van der Waals surface area contributed by atoms with E-state index in [1.807, 2.05) is 0 Å². The first-order chi connectivity index (χ1) is 14.2. The van der Waals surface area contributed by atoms with Gasteiger partial charge in [-0.3, -0.25) is 0 Å². The lowest BCUT2D eigenvalue weighted by Crippen LogP contribution is -2.14. The lowest BCUT2D eigenvalue weighted by molar-refractivity contribution is -0.130. The Balaban J connectivity index is 1.94. The highest BCUT2D eigenvalue weighted by Crippen LogP contribution is 2.62. The molecule has 0 radical (unpaired) electrons. The van der Waals surface area contributed by atoms with Gasteiger partial charge in [0.25, 0.3) is 0 Å². The number of carbonyl (C=O) groups is 1. The molecule has 2 atom stereocenters. The van der Waals surface area contributed by atoms with Gasteiger partial charge in [0, 0.05) is 34.2 Å². The number of hydrogen-bond acceptors (Lipinski definition) is 4. The molecule has 0 aromatic heterocycles. The van der Waals surface area contributed by atoms with Crippen LogP contribution in [0.1, 0.15) is 35.3 Å². The molecule has 3 rings (SSSR count). The van der Waals surface area contributed by atoms with Gasteiger partial charge in [0.2, 0.25) is 6.29 Å². The quantitative estimate of drug-likeness (QED) is 0.199. The predicted molar refractivity (Wildman–Crippen MR) is 118 cm³/mol.